The Bertz CT molecular complexity index is 873. The van der Waals surface area contributed by atoms with Crippen LogP contribution in [0.4, 0.5) is 0 Å². The number of amides is 1. The highest BCUT2D eigenvalue weighted by molar-refractivity contribution is 5.79. The number of hydrogen-bond acceptors (Lipinski definition) is 4. The number of nitrogens with zero attached hydrogens (tertiary/aromatic N) is 1. The van der Waals surface area contributed by atoms with Crippen molar-refractivity contribution >= 4 is 5.91 Å². The number of hydrogen-bond donors (Lipinski definition) is 1. The molecule has 0 saturated heterocycles. The van der Waals surface area contributed by atoms with E-state index in [1.54, 1.807) is 6.26 Å². The molecule has 0 unspecified atom stereocenters. The van der Waals surface area contributed by atoms with E-state index in [0.717, 1.165) is 16.9 Å². The monoisotopic (exact) mass is 334 g/mol. The molecule has 1 N–H and O–H groups in total. The lowest BCUT2D eigenvalue weighted by molar-refractivity contribution is -0.126. The van der Waals surface area contributed by atoms with Gasteiger partial charge in [0.2, 0.25) is 11.8 Å². The van der Waals surface area contributed by atoms with E-state index in [9.17, 15) is 4.79 Å². The highest BCUT2D eigenvalue weighted by Crippen LogP contribution is 2.27. The molecule has 0 aliphatic carbocycles. The van der Waals surface area contributed by atoms with Gasteiger partial charge in [0.15, 0.2) is 0 Å². The molecule has 4 rings (SSSR count). The van der Waals surface area contributed by atoms with Crippen LogP contribution in [-0.4, -0.2) is 17.5 Å². The van der Waals surface area contributed by atoms with E-state index in [0.29, 0.717) is 31.2 Å². The zero-order chi connectivity index (χ0) is 17.1. The van der Waals surface area contributed by atoms with E-state index in [1.807, 2.05) is 54.6 Å². The molecule has 1 aliphatic rings. The van der Waals surface area contributed by atoms with Crippen molar-refractivity contribution in [2.45, 2.75) is 13.0 Å². The molecule has 5 heteroatoms. The van der Waals surface area contributed by atoms with Gasteiger partial charge in [-0.1, -0.05) is 36.4 Å². The highest BCUT2D eigenvalue weighted by atomic mass is 16.5. The fourth-order valence-electron chi connectivity index (χ4n) is 2.92. The summed E-state index contributed by atoms with van der Waals surface area (Å²) in [6.45, 7) is 0.740. The molecule has 1 aliphatic heterocycles. The van der Waals surface area contributed by atoms with Gasteiger partial charge in [-0.05, 0) is 30.2 Å². The molecular weight excluding hydrogens is 316 g/mol. The van der Waals surface area contributed by atoms with Crippen molar-refractivity contribution in [3.63, 3.8) is 0 Å². The summed E-state index contributed by atoms with van der Waals surface area (Å²) in [5, 5.41) is 2.92. The summed E-state index contributed by atoms with van der Waals surface area (Å²) in [5.41, 5.74) is 2.68. The van der Waals surface area contributed by atoms with E-state index >= 15 is 0 Å². The number of para-hydroxylation sites is 1. The summed E-state index contributed by atoms with van der Waals surface area (Å²) < 4.78 is 11.2. The molecule has 0 bridgehead atoms. The maximum atomic E-state index is 12.4. The second-order valence-electron chi connectivity index (χ2n) is 6.05. The number of carbonyl (C=O) groups is 1. The first-order valence-electron chi connectivity index (χ1n) is 8.28. The van der Waals surface area contributed by atoms with Gasteiger partial charge in [0.1, 0.15) is 18.6 Å². The van der Waals surface area contributed by atoms with Crippen LogP contribution in [0.1, 0.15) is 11.3 Å². The molecular formula is C20H18N2O3. The van der Waals surface area contributed by atoms with E-state index in [1.165, 1.54) is 0 Å². The van der Waals surface area contributed by atoms with Gasteiger partial charge < -0.3 is 14.5 Å². The largest absolute Gasteiger partial charge is 0.492 e. The predicted octanol–water partition coefficient (Wildman–Crippen LogP) is 3.21. The van der Waals surface area contributed by atoms with Crippen LogP contribution in [0.3, 0.4) is 0 Å². The first-order valence-corrected chi connectivity index (χ1v) is 8.28. The van der Waals surface area contributed by atoms with Gasteiger partial charge in [0.25, 0.3) is 0 Å². The van der Waals surface area contributed by atoms with Crippen molar-refractivity contribution in [3.8, 4) is 17.2 Å². The van der Waals surface area contributed by atoms with Gasteiger partial charge in [0, 0.05) is 5.56 Å². The number of fused-ring (bicyclic) bond motifs is 1. The second kappa shape index (κ2) is 6.81. The number of benzene rings is 2. The topological polar surface area (TPSA) is 64.4 Å². The van der Waals surface area contributed by atoms with Gasteiger partial charge in [-0.2, -0.15) is 0 Å². The molecule has 2 heterocycles. The molecule has 0 spiro atoms. The number of carbonyl (C=O) groups excluding carboxylic acids is 1. The van der Waals surface area contributed by atoms with Crippen LogP contribution in [-0.2, 0) is 17.8 Å². The summed E-state index contributed by atoms with van der Waals surface area (Å²) in [4.78, 5) is 16.8. The Morgan fingerprint density at radius 3 is 2.80 bits per heavy atom. The van der Waals surface area contributed by atoms with Crippen LogP contribution in [0.5, 0.6) is 5.75 Å². The highest BCUT2D eigenvalue weighted by Gasteiger charge is 2.25. The molecule has 25 heavy (non-hydrogen) atoms. The Morgan fingerprint density at radius 2 is 1.92 bits per heavy atom. The standard InChI is InChI=1S/C20H18N2O3/c23-19(16-10-15-8-4-5-9-18(15)24-12-16)21-11-17-13-25-20(22-17)14-6-2-1-3-7-14/h1-9,13,16H,10-12H2,(H,21,23)/t16-/m0/s1. The lowest BCUT2D eigenvalue weighted by Crippen LogP contribution is -2.37. The molecule has 3 aromatic rings. The summed E-state index contributed by atoms with van der Waals surface area (Å²) in [6, 6.07) is 17.5. The van der Waals surface area contributed by atoms with Crippen molar-refractivity contribution in [3.05, 3.63) is 72.1 Å². The zero-order valence-electron chi connectivity index (χ0n) is 13.6. The van der Waals surface area contributed by atoms with Crippen LogP contribution >= 0.6 is 0 Å². The average Bonchev–Trinajstić information content (AvgIpc) is 3.15. The fourth-order valence-corrected chi connectivity index (χ4v) is 2.92. The Labute approximate surface area is 145 Å². The van der Waals surface area contributed by atoms with Crippen LogP contribution < -0.4 is 10.1 Å². The lowest BCUT2D eigenvalue weighted by atomic mass is 9.96. The lowest BCUT2D eigenvalue weighted by Gasteiger charge is -2.24. The van der Waals surface area contributed by atoms with E-state index < -0.39 is 0 Å². The minimum atomic E-state index is -0.185. The molecule has 5 nitrogen and oxygen atoms in total. The minimum absolute atomic E-state index is 0.0289. The molecule has 1 atom stereocenters. The van der Waals surface area contributed by atoms with Gasteiger partial charge in [-0.15, -0.1) is 0 Å². The third-order valence-electron chi connectivity index (χ3n) is 4.27. The minimum Gasteiger partial charge on any atom is -0.492 e. The van der Waals surface area contributed by atoms with E-state index in [-0.39, 0.29) is 11.8 Å². The first-order chi connectivity index (χ1) is 12.3. The Hall–Kier alpha value is -3.08. The maximum Gasteiger partial charge on any atom is 0.227 e. The number of ether oxygens (including phenoxy) is 1. The average molecular weight is 334 g/mol. The fraction of sp³-hybridized carbons (Fsp3) is 0.200. The van der Waals surface area contributed by atoms with Crippen LogP contribution in [0, 0.1) is 5.92 Å². The number of rotatable bonds is 4. The zero-order valence-corrected chi connectivity index (χ0v) is 13.6. The SMILES string of the molecule is O=C(NCc1coc(-c2ccccc2)n1)[C@@H]1COc2ccccc2C1. The smallest absolute Gasteiger partial charge is 0.227 e. The van der Waals surface area contributed by atoms with E-state index in [2.05, 4.69) is 10.3 Å². The third-order valence-corrected chi connectivity index (χ3v) is 4.27. The van der Waals surface area contributed by atoms with E-state index in [4.69, 9.17) is 9.15 Å². The van der Waals surface area contributed by atoms with Crippen LogP contribution in [0.2, 0.25) is 0 Å². The summed E-state index contributed by atoms with van der Waals surface area (Å²) >= 11 is 0. The van der Waals surface area contributed by atoms with Crippen molar-refractivity contribution in [1.29, 1.82) is 0 Å². The third kappa shape index (κ3) is 3.40. The molecule has 1 aromatic heterocycles. The van der Waals surface area contributed by atoms with Crippen molar-refractivity contribution < 1.29 is 13.9 Å². The Balaban J connectivity index is 1.36. The maximum absolute atomic E-state index is 12.4. The van der Waals surface area contributed by atoms with Gasteiger partial charge in [0.05, 0.1) is 18.2 Å². The van der Waals surface area contributed by atoms with Crippen LogP contribution in [0.15, 0.2) is 65.3 Å². The number of oxazole rings is 1. The molecule has 0 saturated carbocycles. The molecule has 0 radical (unpaired) electrons. The molecule has 2 aromatic carbocycles. The predicted molar refractivity (Wildman–Crippen MR) is 92.9 cm³/mol. The van der Waals surface area contributed by atoms with Gasteiger partial charge in [-0.3, -0.25) is 4.79 Å². The number of aromatic nitrogens is 1. The normalized spacial score (nSPS) is 15.9. The van der Waals surface area contributed by atoms with Crippen molar-refractivity contribution in [1.82, 2.24) is 10.3 Å². The van der Waals surface area contributed by atoms with Crippen molar-refractivity contribution in [2.24, 2.45) is 5.92 Å². The van der Waals surface area contributed by atoms with Gasteiger partial charge >= 0.3 is 0 Å². The van der Waals surface area contributed by atoms with Crippen LogP contribution in [0.25, 0.3) is 11.5 Å². The van der Waals surface area contributed by atoms with Crippen molar-refractivity contribution in [2.75, 3.05) is 6.61 Å². The Kier molecular flexibility index (Phi) is 4.21. The molecule has 1 amide bonds. The quantitative estimate of drug-likeness (QED) is 0.796. The summed E-state index contributed by atoms with van der Waals surface area (Å²) in [5.74, 6) is 1.21. The second-order valence-corrected chi connectivity index (χ2v) is 6.05. The molecule has 0 fully saturated rings. The number of nitrogens with one attached hydrogen (secondary N) is 1. The summed E-state index contributed by atoms with van der Waals surface area (Å²) in [6.07, 6.45) is 2.27. The summed E-state index contributed by atoms with van der Waals surface area (Å²) in [7, 11) is 0. The Morgan fingerprint density at radius 1 is 1.12 bits per heavy atom. The van der Waals surface area contributed by atoms with Gasteiger partial charge in [-0.25, -0.2) is 4.98 Å². The molecule has 126 valence electrons. The first kappa shape index (κ1) is 15.4.